The number of aliphatic hydroxyl groups excluding tert-OH is 1. The monoisotopic (exact) mass is 304 g/mol. The van der Waals surface area contributed by atoms with Crippen LogP contribution in [0.2, 0.25) is 0 Å². The van der Waals surface area contributed by atoms with Gasteiger partial charge in [-0.25, -0.2) is 4.79 Å². The number of methoxy groups -OCH3 is 1. The van der Waals surface area contributed by atoms with Crippen molar-refractivity contribution in [2.75, 3.05) is 25.6 Å². The summed E-state index contributed by atoms with van der Waals surface area (Å²) in [5.41, 5.74) is 0.671. The molecule has 0 aliphatic carbocycles. The molecule has 1 heterocycles. The predicted octanol–water partition coefficient (Wildman–Crippen LogP) is 2.26. The highest BCUT2D eigenvalue weighted by Gasteiger charge is 2.12. The van der Waals surface area contributed by atoms with Crippen LogP contribution in [0.3, 0.4) is 0 Å². The van der Waals surface area contributed by atoms with Gasteiger partial charge in [0.05, 0.1) is 13.4 Å². The standard InChI is InChI=1S/C16H20N2O4/c1-21-14-6-4-13(5-7-14)18-16(20)17-10-12(11-19)9-15-3-2-8-22-15/h2-8,12,19H,9-11H2,1H3,(H2,17,18,20). The van der Waals surface area contributed by atoms with Gasteiger partial charge in [0.25, 0.3) is 0 Å². The number of amides is 2. The van der Waals surface area contributed by atoms with Crippen LogP contribution >= 0.6 is 0 Å². The molecule has 0 radical (unpaired) electrons. The van der Waals surface area contributed by atoms with Gasteiger partial charge in [-0.2, -0.15) is 0 Å². The molecule has 6 nitrogen and oxygen atoms in total. The number of carbonyl (C=O) groups is 1. The fourth-order valence-corrected chi connectivity index (χ4v) is 2.00. The Bertz CT molecular complexity index is 566. The summed E-state index contributed by atoms with van der Waals surface area (Å²) < 4.78 is 10.3. The number of urea groups is 1. The summed E-state index contributed by atoms with van der Waals surface area (Å²) in [5, 5.41) is 14.8. The third kappa shape index (κ3) is 4.82. The van der Waals surface area contributed by atoms with Crippen LogP contribution in [0.1, 0.15) is 5.76 Å². The molecule has 2 rings (SSSR count). The summed E-state index contributed by atoms with van der Waals surface area (Å²) in [6.07, 6.45) is 2.17. The molecule has 1 aromatic carbocycles. The molecule has 118 valence electrons. The summed E-state index contributed by atoms with van der Waals surface area (Å²) in [7, 11) is 1.59. The normalized spacial score (nSPS) is 11.7. The third-order valence-electron chi connectivity index (χ3n) is 3.23. The first-order chi connectivity index (χ1) is 10.7. The van der Waals surface area contributed by atoms with Crippen LogP contribution in [0.5, 0.6) is 5.75 Å². The highest BCUT2D eigenvalue weighted by atomic mass is 16.5. The Balaban J connectivity index is 1.78. The number of rotatable bonds is 7. The van der Waals surface area contributed by atoms with Crippen LogP contribution in [-0.4, -0.2) is 31.4 Å². The van der Waals surface area contributed by atoms with Crippen molar-refractivity contribution in [2.24, 2.45) is 5.92 Å². The molecule has 6 heteroatoms. The maximum Gasteiger partial charge on any atom is 0.319 e. The Morgan fingerprint density at radius 2 is 2.09 bits per heavy atom. The van der Waals surface area contributed by atoms with Crippen LogP contribution in [0.4, 0.5) is 10.5 Å². The largest absolute Gasteiger partial charge is 0.497 e. The first-order valence-electron chi connectivity index (χ1n) is 7.03. The number of carbonyl (C=O) groups excluding carboxylic acids is 1. The molecule has 0 bridgehead atoms. The van der Waals surface area contributed by atoms with Gasteiger partial charge < -0.3 is 24.9 Å². The highest BCUT2D eigenvalue weighted by molar-refractivity contribution is 5.89. The Labute approximate surface area is 129 Å². The zero-order valence-corrected chi connectivity index (χ0v) is 12.4. The van der Waals surface area contributed by atoms with Gasteiger partial charge in [0.2, 0.25) is 0 Å². The lowest BCUT2D eigenvalue weighted by Crippen LogP contribution is -2.34. The summed E-state index contributed by atoms with van der Waals surface area (Å²) in [4.78, 5) is 11.8. The molecule has 0 spiro atoms. The first kappa shape index (κ1) is 15.9. The van der Waals surface area contributed by atoms with Gasteiger partial charge in [-0.05, 0) is 36.4 Å². The number of hydrogen-bond donors (Lipinski definition) is 3. The van der Waals surface area contributed by atoms with Crippen LogP contribution in [0.25, 0.3) is 0 Å². The molecule has 1 unspecified atom stereocenters. The number of benzene rings is 1. The second-order valence-corrected chi connectivity index (χ2v) is 4.90. The quantitative estimate of drug-likeness (QED) is 0.732. The van der Waals surface area contributed by atoms with E-state index in [0.29, 0.717) is 18.7 Å². The molecule has 3 N–H and O–H groups in total. The summed E-state index contributed by atoms with van der Waals surface area (Å²) in [6.45, 7) is 0.336. The first-order valence-corrected chi connectivity index (χ1v) is 7.03. The van der Waals surface area contributed by atoms with E-state index in [1.807, 2.05) is 6.07 Å². The molecule has 2 aromatic rings. The fraction of sp³-hybridized carbons (Fsp3) is 0.312. The van der Waals surface area contributed by atoms with E-state index in [1.54, 1.807) is 43.7 Å². The molecule has 0 aliphatic heterocycles. The van der Waals surface area contributed by atoms with Gasteiger partial charge in [-0.1, -0.05) is 0 Å². The van der Waals surface area contributed by atoms with E-state index in [4.69, 9.17) is 9.15 Å². The third-order valence-corrected chi connectivity index (χ3v) is 3.23. The minimum Gasteiger partial charge on any atom is -0.497 e. The average Bonchev–Trinajstić information content (AvgIpc) is 3.05. The molecular weight excluding hydrogens is 284 g/mol. The van der Waals surface area contributed by atoms with E-state index < -0.39 is 0 Å². The van der Waals surface area contributed by atoms with Crippen LogP contribution < -0.4 is 15.4 Å². The van der Waals surface area contributed by atoms with Gasteiger partial charge in [0, 0.05) is 31.2 Å². The van der Waals surface area contributed by atoms with E-state index in [1.165, 1.54) is 0 Å². The number of anilines is 1. The van der Waals surface area contributed by atoms with Crippen molar-refractivity contribution in [1.29, 1.82) is 0 Å². The maximum absolute atomic E-state index is 11.8. The molecule has 22 heavy (non-hydrogen) atoms. The van der Waals surface area contributed by atoms with Crippen LogP contribution in [0, 0.1) is 5.92 Å². The maximum atomic E-state index is 11.8. The minimum atomic E-state index is -0.317. The molecule has 0 aliphatic rings. The lowest BCUT2D eigenvalue weighted by Gasteiger charge is -2.14. The second kappa shape index (κ2) is 8.09. The second-order valence-electron chi connectivity index (χ2n) is 4.90. The summed E-state index contributed by atoms with van der Waals surface area (Å²) >= 11 is 0. The van der Waals surface area contributed by atoms with Gasteiger partial charge in [0.1, 0.15) is 11.5 Å². The number of nitrogens with one attached hydrogen (secondary N) is 2. The van der Waals surface area contributed by atoms with Gasteiger partial charge in [-0.3, -0.25) is 0 Å². The van der Waals surface area contributed by atoms with E-state index in [2.05, 4.69) is 10.6 Å². The lowest BCUT2D eigenvalue weighted by molar-refractivity contribution is 0.213. The minimum absolute atomic E-state index is 0.0243. The van der Waals surface area contributed by atoms with Crippen LogP contribution in [-0.2, 0) is 6.42 Å². The van der Waals surface area contributed by atoms with Crippen molar-refractivity contribution in [3.8, 4) is 5.75 Å². The van der Waals surface area contributed by atoms with E-state index in [0.717, 1.165) is 11.5 Å². The van der Waals surface area contributed by atoms with Crippen molar-refractivity contribution in [3.05, 3.63) is 48.4 Å². The Hall–Kier alpha value is -2.47. The Morgan fingerprint density at radius 1 is 1.32 bits per heavy atom. The highest BCUT2D eigenvalue weighted by Crippen LogP contribution is 2.14. The van der Waals surface area contributed by atoms with Crippen molar-refractivity contribution in [1.82, 2.24) is 5.32 Å². The van der Waals surface area contributed by atoms with Crippen LogP contribution in [0.15, 0.2) is 47.1 Å². The molecule has 0 saturated carbocycles. The molecular formula is C16H20N2O4. The van der Waals surface area contributed by atoms with Crippen molar-refractivity contribution in [3.63, 3.8) is 0 Å². The van der Waals surface area contributed by atoms with Crippen molar-refractivity contribution >= 4 is 11.7 Å². The molecule has 0 saturated heterocycles. The SMILES string of the molecule is COc1ccc(NC(=O)NCC(CO)Cc2ccco2)cc1. The number of ether oxygens (including phenoxy) is 1. The Kier molecular flexibility index (Phi) is 5.85. The van der Waals surface area contributed by atoms with Crippen molar-refractivity contribution < 1.29 is 19.1 Å². The lowest BCUT2D eigenvalue weighted by atomic mass is 10.1. The number of furan rings is 1. The summed E-state index contributed by atoms with van der Waals surface area (Å²) in [5.74, 6) is 1.42. The van der Waals surface area contributed by atoms with Gasteiger partial charge >= 0.3 is 6.03 Å². The van der Waals surface area contributed by atoms with Gasteiger partial charge in [0.15, 0.2) is 0 Å². The number of hydrogen-bond acceptors (Lipinski definition) is 4. The topological polar surface area (TPSA) is 83.7 Å². The van der Waals surface area contributed by atoms with E-state index >= 15 is 0 Å². The van der Waals surface area contributed by atoms with Crippen molar-refractivity contribution in [2.45, 2.75) is 6.42 Å². The fourth-order valence-electron chi connectivity index (χ4n) is 2.00. The molecule has 2 amide bonds. The zero-order chi connectivity index (χ0) is 15.8. The van der Waals surface area contributed by atoms with E-state index in [9.17, 15) is 9.90 Å². The van der Waals surface area contributed by atoms with Gasteiger partial charge in [-0.15, -0.1) is 0 Å². The number of aliphatic hydroxyl groups is 1. The Morgan fingerprint density at radius 3 is 2.68 bits per heavy atom. The predicted molar refractivity (Wildman–Crippen MR) is 83.0 cm³/mol. The molecule has 1 aromatic heterocycles. The van der Waals surface area contributed by atoms with E-state index in [-0.39, 0.29) is 18.6 Å². The smallest absolute Gasteiger partial charge is 0.319 e. The molecule has 1 atom stereocenters. The average molecular weight is 304 g/mol. The zero-order valence-electron chi connectivity index (χ0n) is 12.4. The molecule has 0 fully saturated rings. The summed E-state index contributed by atoms with van der Waals surface area (Å²) in [6, 6.07) is 10.4.